The second-order valence-corrected chi connectivity index (χ2v) is 6.82. The smallest absolute Gasteiger partial charge is 0.331 e. The molecule has 3 rings (SSSR count). The summed E-state index contributed by atoms with van der Waals surface area (Å²) in [6.07, 6.45) is 0. The van der Waals surface area contributed by atoms with Crippen molar-refractivity contribution in [1.82, 2.24) is 4.57 Å². The molecule has 0 unspecified atom stereocenters. The molecule has 2 aromatic carbocycles. The van der Waals surface area contributed by atoms with Gasteiger partial charge >= 0.3 is 10.8 Å². The number of esters is 1. The minimum absolute atomic E-state index is 0.205. The zero-order chi connectivity index (χ0) is 18.0. The second-order valence-electron chi connectivity index (χ2n) is 5.65. The summed E-state index contributed by atoms with van der Waals surface area (Å²) in [6.45, 7) is 3.53. The van der Waals surface area contributed by atoms with Gasteiger partial charge in [0.05, 0.1) is 5.69 Å². The fourth-order valence-electron chi connectivity index (χ4n) is 2.53. The van der Waals surface area contributed by atoms with Crippen LogP contribution in [0.25, 0.3) is 11.3 Å². The number of aromatic nitrogens is 1. The minimum Gasteiger partial charge on any atom is -0.425 e. The number of nitrogens with zero attached hydrogens (tertiary/aromatic N) is 1. The van der Waals surface area contributed by atoms with Crippen LogP contribution in [0.1, 0.15) is 10.4 Å². The van der Waals surface area contributed by atoms with Crippen molar-refractivity contribution >= 4 is 17.3 Å². The molecule has 0 fully saturated rings. The molecule has 0 aliphatic carbocycles. The minimum atomic E-state index is -0.535. The van der Waals surface area contributed by atoms with Gasteiger partial charge in [0.2, 0.25) is 0 Å². The first kappa shape index (κ1) is 17.1. The van der Waals surface area contributed by atoms with E-state index in [4.69, 9.17) is 4.74 Å². The van der Waals surface area contributed by atoms with E-state index in [-0.39, 0.29) is 17.2 Å². The lowest BCUT2D eigenvalue weighted by Crippen LogP contribution is -2.23. The fourth-order valence-corrected chi connectivity index (χ4v) is 3.38. The van der Waals surface area contributed by atoms with Gasteiger partial charge in [-0.25, -0.2) is 9.18 Å². The number of carbonyl (C=O) groups is 1. The quantitative estimate of drug-likeness (QED) is 0.525. The molecule has 0 saturated heterocycles. The van der Waals surface area contributed by atoms with Crippen molar-refractivity contribution in [3.05, 3.63) is 74.5 Å². The molecule has 0 radical (unpaired) electrons. The van der Waals surface area contributed by atoms with Crippen molar-refractivity contribution in [3.8, 4) is 17.0 Å². The number of carbonyl (C=O) groups excluding carboxylic acids is 1. The van der Waals surface area contributed by atoms with Gasteiger partial charge < -0.3 is 4.74 Å². The van der Waals surface area contributed by atoms with E-state index in [1.807, 2.05) is 19.1 Å². The van der Waals surface area contributed by atoms with Crippen LogP contribution in [0.15, 0.2) is 53.3 Å². The third kappa shape index (κ3) is 3.85. The van der Waals surface area contributed by atoms with E-state index < -0.39 is 5.97 Å². The summed E-state index contributed by atoms with van der Waals surface area (Å²) in [5.41, 5.74) is 2.35. The van der Waals surface area contributed by atoms with Crippen LogP contribution in [0.5, 0.6) is 5.75 Å². The molecular weight excluding hydrogens is 341 g/mol. The van der Waals surface area contributed by atoms with E-state index in [1.165, 1.54) is 16.7 Å². The highest BCUT2D eigenvalue weighted by Crippen LogP contribution is 2.25. The predicted octanol–water partition coefficient (Wildman–Crippen LogP) is 3.94. The molecule has 1 aromatic heterocycles. The van der Waals surface area contributed by atoms with Crippen molar-refractivity contribution in [2.45, 2.75) is 20.4 Å². The summed E-state index contributed by atoms with van der Waals surface area (Å²) >= 11 is 1.05. The normalized spacial score (nSPS) is 10.7. The summed E-state index contributed by atoms with van der Waals surface area (Å²) in [4.78, 5) is 25.0. The van der Waals surface area contributed by atoms with Crippen LogP contribution in [0.2, 0.25) is 0 Å². The van der Waals surface area contributed by atoms with Gasteiger partial charge in [0, 0.05) is 4.88 Å². The van der Waals surface area contributed by atoms with Crippen molar-refractivity contribution in [2.75, 3.05) is 0 Å². The highest BCUT2D eigenvalue weighted by atomic mass is 32.1. The van der Waals surface area contributed by atoms with E-state index >= 15 is 0 Å². The molecule has 0 atom stereocenters. The lowest BCUT2D eigenvalue weighted by atomic mass is 10.1. The number of halogens is 1. The molecule has 0 N–H and O–H groups in total. The highest BCUT2D eigenvalue weighted by molar-refractivity contribution is 7.09. The molecule has 6 heteroatoms. The number of hydrogen-bond acceptors (Lipinski definition) is 4. The van der Waals surface area contributed by atoms with Crippen LogP contribution in [0.4, 0.5) is 4.39 Å². The van der Waals surface area contributed by atoms with Crippen LogP contribution >= 0.6 is 11.3 Å². The van der Waals surface area contributed by atoms with E-state index in [0.29, 0.717) is 17.0 Å². The average Bonchev–Trinajstić information content (AvgIpc) is 2.84. The van der Waals surface area contributed by atoms with Crippen molar-refractivity contribution in [2.24, 2.45) is 0 Å². The Bertz CT molecular complexity index is 956. The molecule has 0 amide bonds. The Morgan fingerprint density at radius 2 is 1.72 bits per heavy atom. The van der Waals surface area contributed by atoms with E-state index in [1.54, 1.807) is 31.2 Å². The van der Waals surface area contributed by atoms with Crippen LogP contribution in [-0.4, -0.2) is 10.5 Å². The topological polar surface area (TPSA) is 48.3 Å². The summed E-state index contributed by atoms with van der Waals surface area (Å²) in [5, 5.41) is 0. The lowest BCUT2D eigenvalue weighted by Gasteiger charge is -2.09. The summed E-state index contributed by atoms with van der Waals surface area (Å²) in [5.74, 6) is -0.463. The van der Waals surface area contributed by atoms with Crippen LogP contribution in [0, 0.1) is 19.7 Å². The standard InChI is InChI=1S/C19H16FNO3S/c1-12-3-9-16(10-4-12)24-17(22)11-21-18(13(2)25-19(21)23)14-5-7-15(20)8-6-14/h3-10H,11H2,1-2H3. The lowest BCUT2D eigenvalue weighted by molar-refractivity contribution is -0.135. The molecule has 0 aliphatic heterocycles. The van der Waals surface area contributed by atoms with Gasteiger partial charge in [0.25, 0.3) is 0 Å². The summed E-state index contributed by atoms with van der Waals surface area (Å²) in [6, 6.07) is 12.9. The van der Waals surface area contributed by atoms with Crippen molar-refractivity contribution in [3.63, 3.8) is 0 Å². The molecule has 128 valence electrons. The molecule has 1 heterocycles. The first-order chi connectivity index (χ1) is 11.9. The van der Waals surface area contributed by atoms with Gasteiger partial charge in [-0.2, -0.15) is 0 Å². The zero-order valence-corrected chi connectivity index (χ0v) is 14.6. The Morgan fingerprint density at radius 3 is 2.36 bits per heavy atom. The molecule has 0 spiro atoms. The van der Waals surface area contributed by atoms with Gasteiger partial charge in [-0.15, -0.1) is 0 Å². The number of ether oxygens (including phenoxy) is 1. The first-order valence-electron chi connectivity index (χ1n) is 7.67. The van der Waals surface area contributed by atoms with Gasteiger partial charge in [-0.3, -0.25) is 9.36 Å². The number of aryl methyl sites for hydroxylation is 2. The number of rotatable bonds is 4. The zero-order valence-electron chi connectivity index (χ0n) is 13.8. The Morgan fingerprint density at radius 1 is 1.08 bits per heavy atom. The summed E-state index contributed by atoms with van der Waals surface area (Å²) in [7, 11) is 0. The molecule has 0 bridgehead atoms. The molecule has 25 heavy (non-hydrogen) atoms. The molecule has 0 aliphatic rings. The van der Waals surface area contributed by atoms with E-state index in [2.05, 4.69) is 0 Å². The molecule has 4 nitrogen and oxygen atoms in total. The SMILES string of the molecule is Cc1ccc(OC(=O)Cn2c(-c3ccc(F)cc3)c(C)sc2=O)cc1. The molecule has 3 aromatic rings. The maximum Gasteiger partial charge on any atom is 0.331 e. The third-order valence-electron chi connectivity index (χ3n) is 3.72. The Kier molecular flexibility index (Phi) is 4.81. The monoisotopic (exact) mass is 357 g/mol. The first-order valence-corrected chi connectivity index (χ1v) is 8.49. The Balaban J connectivity index is 1.87. The van der Waals surface area contributed by atoms with E-state index in [9.17, 15) is 14.0 Å². The van der Waals surface area contributed by atoms with E-state index in [0.717, 1.165) is 21.8 Å². The number of thiazole rings is 1. The van der Waals surface area contributed by atoms with Crippen molar-refractivity contribution in [1.29, 1.82) is 0 Å². The largest absolute Gasteiger partial charge is 0.425 e. The Labute approximate surface area is 148 Å². The Hall–Kier alpha value is -2.73. The van der Waals surface area contributed by atoms with Crippen LogP contribution in [-0.2, 0) is 11.3 Å². The number of benzene rings is 2. The van der Waals surface area contributed by atoms with Gasteiger partial charge in [-0.1, -0.05) is 29.0 Å². The van der Waals surface area contributed by atoms with Crippen LogP contribution < -0.4 is 9.61 Å². The average molecular weight is 357 g/mol. The van der Waals surface area contributed by atoms with Gasteiger partial charge in [0.1, 0.15) is 18.1 Å². The molecule has 0 saturated carbocycles. The third-order valence-corrected chi connectivity index (χ3v) is 4.62. The van der Waals surface area contributed by atoms with Crippen LogP contribution in [0.3, 0.4) is 0 Å². The van der Waals surface area contributed by atoms with Gasteiger partial charge in [0.15, 0.2) is 0 Å². The van der Waals surface area contributed by atoms with Crippen molar-refractivity contribution < 1.29 is 13.9 Å². The number of hydrogen-bond donors (Lipinski definition) is 0. The fraction of sp³-hybridized carbons (Fsp3) is 0.158. The maximum atomic E-state index is 13.1. The maximum absolute atomic E-state index is 13.1. The van der Waals surface area contributed by atoms with Gasteiger partial charge in [-0.05, 0) is 55.8 Å². The predicted molar refractivity (Wildman–Crippen MR) is 95.5 cm³/mol. The second kappa shape index (κ2) is 7.03. The molecular formula is C19H16FNO3S. The summed E-state index contributed by atoms with van der Waals surface area (Å²) < 4.78 is 19.8. The highest BCUT2D eigenvalue weighted by Gasteiger charge is 2.17.